The van der Waals surface area contributed by atoms with Crippen LogP contribution in [0.25, 0.3) is 17.4 Å². The van der Waals surface area contributed by atoms with Crippen molar-refractivity contribution in [2.24, 2.45) is 0 Å². The van der Waals surface area contributed by atoms with Crippen molar-refractivity contribution < 1.29 is 29.0 Å². The lowest BCUT2D eigenvalue weighted by Gasteiger charge is -2.21. The van der Waals surface area contributed by atoms with Crippen molar-refractivity contribution >= 4 is 63.8 Å². The third-order valence-electron chi connectivity index (χ3n) is 3.80. The van der Waals surface area contributed by atoms with E-state index in [1.165, 1.54) is 6.08 Å². The van der Waals surface area contributed by atoms with E-state index in [0.717, 1.165) is 22.2 Å². The third kappa shape index (κ3) is 4.27. The lowest BCUT2D eigenvalue weighted by atomic mass is 10.2. The number of carbonyl (C=O) groups excluding carboxylic acids is 1. The van der Waals surface area contributed by atoms with E-state index in [4.69, 9.17) is 33.3 Å². The van der Waals surface area contributed by atoms with Gasteiger partial charge in [0, 0.05) is 16.7 Å². The molecular formula is C18H12ClNO6S2. The fourth-order valence-corrected chi connectivity index (χ4v) is 4.09. The van der Waals surface area contributed by atoms with E-state index >= 15 is 0 Å². The molecule has 0 aliphatic carbocycles. The third-order valence-corrected chi connectivity index (χ3v) is 5.36. The Kier molecular flexibility index (Phi) is 5.87. The fourth-order valence-electron chi connectivity index (χ4n) is 2.56. The molecule has 1 amide bonds. The summed E-state index contributed by atoms with van der Waals surface area (Å²) in [5, 5.41) is 18.7. The number of rotatable bonds is 6. The molecule has 1 atom stereocenters. The first-order chi connectivity index (χ1) is 13.3. The van der Waals surface area contributed by atoms with Gasteiger partial charge >= 0.3 is 11.9 Å². The molecule has 0 spiro atoms. The van der Waals surface area contributed by atoms with Crippen molar-refractivity contribution in [1.82, 2.24) is 4.90 Å². The molecule has 0 saturated carbocycles. The van der Waals surface area contributed by atoms with E-state index in [0.29, 0.717) is 16.5 Å². The normalized spacial score (nSPS) is 16.6. The molecule has 2 aromatic rings. The molecule has 0 radical (unpaired) electrons. The number of thiocarbonyl (C=S) groups is 1. The zero-order valence-electron chi connectivity index (χ0n) is 14.0. The average Bonchev–Trinajstić information content (AvgIpc) is 3.18. The van der Waals surface area contributed by atoms with Gasteiger partial charge in [-0.25, -0.2) is 4.79 Å². The fraction of sp³-hybridized carbons (Fsp3) is 0.111. The molecule has 1 saturated heterocycles. The minimum Gasteiger partial charge on any atom is -0.481 e. The number of amides is 1. The van der Waals surface area contributed by atoms with Crippen LogP contribution in [0, 0.1) is 0 Å². The van der Waals surface area contributed by atoms with E-state index in [1.54, 1.807) is 30.3 Å². The van der Waals surface area contributed by atoms with Crippen LogP contribution in [0.5, 0.6) is 0 Å². The summed E-state index contributed by atoms with van der Waals surface area (Å²) in [6.07, 6.45) is 0.682. The first-order valence-corrected chi connectivity index (χ1v) is 9.44. The summed E-state index contributed by atoms with van der Waals surface area (Å²) in [6.45, 7) is 0. The Morgan fingerprint density at radius 3 is 2.68 bits per heavy atom. The van der Waals surface area contributed by atoms with E-state index < -0.39 is 30.3 Å². The van der Waals surface area contributed by atoms with E-state index in [2.05, 4.69) is 0 Å². The van der Waals surface area contributed by atoms with E-state index in [-0.39, 0.29) is 9.23 Å². The predicted octanol–water partition coefficient (Wildman–Crippen LogP) is 3.73. The smallest absolute Gasteiger partial charge is 0.327 e. The maximum Gasteiger partial charge on any atom is 0.327 e. The lowest BCUT2D eigenvalue weighted by Crippen LogP contribution is -2.45. The van der Waals surface area contributed by atoms with Crippen molar-refractivity contribution in [1.29, 1.82) is 0 Å². The van der Waals surface area contributed by atoms with Crippen LogP contribution < -0.4 is 0 Å². The van der Waals surface area contributed by atoms with Crippen molar-refractivity contribution in [3.8, 4) is 11.3 Å². The van der Waals surface area contributed by atoms with Crippen molar-refractivity contribution in [3.05, 3.63) is 52.1 Å². The van der Waals surface area contributed by atoms with Crippen molar-refractivity contribution in [3.63, 3.8) is 0 Å². The monoisotopic (exact) mass is 437 g/mol. The van der Waals surface area contributed by atoms with Gasteiger partial charge in [0.05, 0.1) is 11.3 Å². The number of aliphatic carboxylic acids is 2. The average molecular weight is 438 g/mol. The zero-order valence-corrected chi connectivity index (χ0v) is 16.4. The van der Waals surface area contributed by atoms with Crippen molar-refractivity contribution in [2.45, 2.75) is 12.5 Å². The van der Waals surface area contributed by atoms with Crippen LogP contribution in [-0.4, -0.2) is 43.3 Å². The molecule has 1 aliphatic heterocycles. The molecule has 10 heteroatoms. The second-order valence-corrected chi connectivity index (χ2v) is 7.83. The summed E-state index contributed by atoms with van der Waals surface area (Å²) < 4.78 is 5.68. The number of furan rings is 1. The molecule has 2 heterocycles. The molecule has 144 valence electrons. The molecule has 1 aromatic heterocycles. The molecule has 1 unspecified atom stereocenters. The second-order valence-electron chi connectivity index (χ2n) is 5.72. The van der Waals surface area contributed by atoms with Gasteiger partial charge in [-0.15, -0.1) is 0 Å². The summed E-state index contributed by atoms with van der Waals surface area (Å²) in [5.74, 6) is -2.56. The lowest BCUT2D eigenvalue weighted by molar-refractivity contribution is -0.150. The Morgan fingerprint density at radius 2 is 2.04 bits per heavy atom. The van der Waals surface area contributed by atoms with Gasteiger partial charge in [0.25, 0.3) is 5.91 Å². The largest absolute Gasteiger partial charge is 0.481 e. The molecule has 7 nitrogen and oxygen atoms in total. The van der Waals surface area contributed by atoms with Crippen LogP contribution >= 0.6 is 35.6 Å². The van der Waals surface area contributed by atoms with Gasteiger partial charge < -0.3 is 14.6 Å². The quantitative estimate of drug-likeness (QED) is 0.520. The Morgan fingerprint density at radius 1 is 1.29 bits per heavy atom. The highest BCUT2D eigenvalue weighted by atomic mass is 35.5. The number of nitrogens with zero attached hydrogens (tertiary/aromatic N) is 1. The highest BCUT2D eigenvalue weighted by molar-refractivity contribution is 8.26. The molecule has 28 heavy (non-hydrogen) atoms. The topological polar surface area (TPSA) is 108 Å². The highest BCUT2D eigenvalue weighted by Gasteiger charge is 2.41. The van der Waals surface area contributed by atoms with Crippen LogP contribution in [0.1, 0.15) is 12.2 Å². The number of hydrogen-bond donors (Lipinski definition) is 2. The van der Waals surface area contributed by atoms with Gasteiger partial charge in [-0.1, -0.05) is 47.7 Å². The van der Waals surface area contributed by atoms with Gasteiger partial charge in [0.2, 0.25) is 0 Å². The van der Waals surface area contributed by atoms with Crippen LogP contribution in [-0.2, 0) is 14.4 Å². The number of carboxylic acid groups (broad SMARTS) is 2. The number of halogens is 1. The molecule has 1 aliphatic rings. The summed E-state index contributed by atoms with van der Waals surface area (Å²) >= 11 is 11.9. The summed E-state index contributed by atoms with van der Waals surface area (Å²) in [6, 6.07) is 8.84. The number of carboxylic acids is 2. The first-order valence-electron chi connectivity index (χ1n) is 7.83. The van der Waals surface area contributed by atoms with Gasteiger partial charge in [-0.05, 0) is 24.3 Å². The maximum atomic E-state index is 12.6. The number of hydrogen-bond acceptors (Lipinski definition) is 6. The van der Waals surface area contributed by atoms with Gasteiger partial charge in [-0.2, -0.15) is 0 Å². The predicted molar refractivity (Wildman–Crippen MR) is 108 cm³/mol. The zero-order chi connectivity index (χ0) is 20.4. The van der Waals surface area contributed by atoms with E-state index in [9.17, 15) is 19.5 Å². The SMILES string of the molecule is O=C(O)CC(C(=O)O)N1C(=O)/C(=C\c2ccc(-c3cccc(Cl)c3)o2)SC1=S. The van der Waals surface area contributed by atoms with Crippen LogP contribution in [0.15, 0.2) is 45.7 Å². The maximum absolute atomic E-state index is 12.6. The Labute approximate surface area is 173 Å². The molecular weight excluding hydrogens is 426 g/mol. The molecule has 1 fully saturated rings. The molecule has 0 bridgehead atoms. The van der Waals surface area contributed by atoms with E-state index in [1.807, 2.05) is 6.07 Å². The van der Waals surface area contributed by atoms with Gasteiger partial charge in [-0.3, -0.25) is 14.5 Å². The highest BCUT2D eigenvalue weighted by Crippen LogP contribution is 2.35. The van der Waals surface area contributed by atoms with Gasteiger partial charge in [0.15, 0.2) is 0 Å². The summed E-state index contributed by atoms with van der Waals surface area (Å²) in [5.41, 5.74) is 0.757. The summed E-state index contributed by atoms with van der Waals surface area (Å²) in [4.78, 5) is 35.9. The van der Waals surface area contributed by atoms with Gasteiger partial charge in [0.1, 0.15) is 21.9 Å². The molecule has 1 aromatic carbocycles. The minimum absolute atomic E-state index is 0.0217. The first kappa shape index (κ1) is 20.1. The summed E-state index contributed by atoms with van der Waals surface area (Å²) in [7, 11) is 0. The minimum atomic E-state index is -1.57. The molecule has 3 rings (SSSR count). The number of thioether (sulfide) groups is 1. The Bertz CT molecular complexity index is 1020. The number of carbonyl (C=O) groups is 3. The standard InChI is InChI=1S/C18H12ClNO6S2/c19-10-3-1-2-9(6-10)13-5-4-11(26-13)7-14-16(23)20(18(27)28-14)12(17(24)25)8-15(21)22/h1-7,12H,8H2,(H,21,22)(H,24,25)/b14-7+. The molecule has 2 N–H and O–H groups in total. The number of benzene rings is 1. The Balaban J connectivity index is 1.86. The van der Waals surface area contributed by atoms with Crippen LogP contribution in [0.3, 0.4) is 0 Å². The van der Waals surface area contributed by atoms with Crippen molar-refractivity contribution in [2.75, 3.05) is 0 Å². The Hall–Kier alpha value is -2.62. The van der Waals surface area contributed by atoms with Crippen LogP contribution in [0.4, 0.5) is 0 Å². The van der Waals surface area contributed by atoms with Crippen LogP contribution in [0.2, 0.25) is 5.02 Å². The second kappa shape index (κ2) is 8.17.